The number of hydrogen-bond acceptors (Lipinski definition) is 6. The normalized spacial score (nSPS) is 11.8. The molecule has 226 valence electrons. The topological polar surface area (TPSA) is 105 Å². The molecular formula is C31H38BrN3O6S. The maximum atomic E-state index is 14.0. The standard InChI is InChI=1S/C31H38BrN3O6S/c1-5-7-20-33-31(37)23(3)34(21-24-8-14-27(40-4)15-9-24)30(36)22-35(26-12-16-28(17-13-26)41-6-2)42(38,39)29-18-10-25(32)11-19-29/h8-19,23H,5-7,20-22H2,1-4H3,(H,33,37)/t23-/m0/s1. The Morgan fingerprint density at radius 2 is 1.55 bits per heavy atom. The molecule has 1 N–H and O–H groups in total. The van der Waals surface area contributed by atoms with Crippen LogP contribution in [0.1, 0.15) is 39.2 Å². The van der Waals surface area contributed by atoms with Crippen LogP contribution in [0.4, 0.5) is 5.69 Å². The van der Waals surface area contributed by atoms with Gasteiger partial charge in [-0.25, -0.2) is 8.42 Å². The zero-order valence-corrected chi connectivity index (χ0v) is 26.8. The predicted octanol–water partition coefficient (Wildman–Crippen LogP) is 5.39. The largest absolute Gasteiger partial charge is 0.497 e. The highest BCUT2D eigenvalue weighted by Gasteiger charge is 2.32. The minimum atomic E-state index is -4.16. The SMILES string of the molecule is CCCCNC(=O)[C@H](C)N(Cc1ccc(OC)cc1)C(=O)CN(c1ccc(OCC)cc1)S(=O)(=O)c1ccc(Br)cc1. The number of benzene rings is 3. The molecule has 3 aromatic carbocycles. The molecular weight excluding hydrogens is 622 g/mol. The third-order valence-electron chi connectivity index (χ3n) is 6.63. The lowest BCUT2D eigenvalue weighted by Crippen LogP contribution is -2.51. The van der Waals surface area contributed by atoms with E-state index in [0.717, 1.165) is 27.2 Å². The van der Waals surface area contributed by atoms with E-state index in [9.17, 15) is 18.0 Å². The van der Waals surface area contributed by atoms with Gasteiger partial charge in [-0.15, -0.1) is 0 Å². The van der Waals surface area contributed by atoms with Crippen molar-refractivity contribution < 1.29 is 27.5 Å². The summed E-state index contributed by atoms with van der Waals surface area (Å²) in [7, 11) is -2.60. The number of nitrogens with one attached hydrogen (secondary N) is 1. The van der Waals surface area contributed by atoms with Gasteiger partial charge in [0.05, 0.1) is 24.3 Å². The Balaban J connectivity index is 2.00. The van der Waals surface area contributed by atoms with Crippen molar-refractivity contribution in [2.75, 3.05) is 31.1 Å². The average Bonchev–Trinajstić information content (AvgIpc) is 2.99. The van der Waals surface area contributed by atoms with Crippen molar-refractivity contribution >= 4 is 43.5 Å². The second kappa shape index (κ2) is 15.6. The van der Waals surface area contributed by atoms with Gasteiger partial charge in [0.15, 0.2) is 0 Å². The van der Waals surface area contributed by atoms with E-state index in [1.807, 2.05) is 26.0 Å². The van der Waals surface area contributed by atoms with E-state index >= 15 is 0 Å². The van der Waals surface area contributed by atoms with Gasteiger partial charge in [0, 0.05) is 17.6 Å². The molecule has 0 aliphatic carbocycles. The Kier molecular flexibility index (Phi) is 12.2. The maximum absolute atomic E-state index is 14.0. The zero-order valence-electron chi connectivity index (χ0n) is 24.4. The number of ether oxygens (including phenoxy) is 2. The summed E-state index contributed by atoms with van der Waals surface area (Å²) in [4.78, 5) is 28.5. The number of nitrogens with zero attached hydrogens (tertiary/aromatic N) is 2. The molecule has 0 saturated heterocycles. The van der Waals surface area contributed by atoms with E-state index in [2.05, 4.69) is 21.2 Å². The Hall–Kier alpha value is -3.57. The fourth-order valence-electron chi connectivity index (χ4n) is 4.18. The van der Waals surface area contributed by atoms with Gasteiger partial charge >= 0.3 is 0 Å². The summed E-state index contributed by atoms with van der Waals surface area (Å²) in [5.74, 6) is 0.392. The van der Waals surface area contributed by atoms with E-state index in [4.69, 9.17) is 9.47 Å². The average molecular weight is 661 g/mol. The molecule has 42 heavy (non-hydrogen) atoms. The van der Waals surface area contributed by atoms with Crippen LogP contribution >= 0.6 is 15.9 Å². The maximum Gasteiger partial charge on any atom is 0.264 e. The molecule has 0 unspecified atom stereocenters. The molecule has 0 spiro atoms. The van der Waals surface area contributed by atoms with Crippen molar-refractivity contribution in [3.05, 3.63) is 82.8 Å². The van der Waals surface area contributed by atoms with Crippen LogP contribution in [0.25, 0.3) is 0 Å². The zero-order chi connectivity index (χ0) is 30.7. The molecule has 0 heterocycles. The number of methoxy groups -OCH3 is 1. The minimum Gasteiger partial charge on any atom is -0.497 e. The summed E-state index contributed by atoms with van der Waals surface area (Å²) in [5.41, 5.74) is 1.06. The smallest absolute Gasteiger partial charge is 0.264 e. The van der Waals surface area contributed by atoms with Crippen LogP contribution < -0.4 is 19.1 Å². The molecule has 11 heteroatoms. The van der Waals surface area contributed by atoms with E-state index in [1.165, 1.54) is 17.0 Å². The number of sulfonamides is 1. The van der Waals surface area contributed by atoms with E-state index < -0.39 is 28.5 Å². The molecule has 9 nitrogen and oxygen atoms in total. The van der Waals surface area contributed by atoms with Crippen LogP contribution in [0.15, 0.2) is 82.2 Å². The molecule has 1 atom stereocenters. The number of hydrogen-bond donors (Lipinski definition) is 1. The fraction of sp³-hybridized carbons (Fsp3) is 0.355. The van der Waals surface area contributed by atoms with Crippen molar-refractivity contribution in [2.45, 2.75) is 51.1 Å². The summed E-state index contributed by atoms with van der Waals surface area (Å²) < 4.78 is 40.4. The highest BCUT2D eigenvalue weighted by Crippen LogP contribution is 2.27. The first-order valence-electron chi connectivity index (χ1n) is 13.8. The van der Waals surface area contributed by atoms with Gasteiger partial charge in [-0.2, -0.15) is 0 Å². The second-order valence-electron chi connectivity index (χ2n) is 9.58. The number of carbonyl (C=O) groups is 2. The first-order valence-corrected chi connectivity index (χ1v) is 16.0. The van der Waals surface area contributed by atoms with Gasteiger partial charge in [0.25, 0.3) is 10.0 Å². The third kappa shape index (κ3) is 8.72. The number of unbranched alkanes of at least 4 members (excludes halogenated alkanes) is 1. The Morgan fingerprint density at radius 1 is 0.929 bits per heavy atom. The van der Waals surface area contributed by atoms with Gasteiger partial charge in [-0.1, -0.05) is 41.4 Å². The van der Waals surface area contributed by atoms with Crippen molar-refractivity contribution in [1.29, 1.82) is 0 Å². The Morgan fingerprint density at radius 3 is 2.12 bits per heavy atom. The molecule has 3 rings (SSSR count). The number of halogens is 1. The molecule has 0 aromatic heterocycles. The van der Waals surface area contributed by atoms with E-state index in [0.29, 0.717) is 30.3 Å². The lowest BCUT2D eigenvalue weighted by atomic mass is 10.1. The molecule has 2 amide bonds. The van der Waals surface area contributed by atoms with Crippen LogP contribution in [0.3, 0.4) is 0 Å². The third-order valence-corrected chi connectivity index (χ3v) is 8.94. The summed E-state index contributed by atoms with van der Waals surface area (Å²) in [6, 6.07) is 19.0. The molecule has 0 fully saturated rings. The van der Waals surface area contributed by atoms with Crippen molar-refractivity contribution in [2.24, 2.45) is 0 Å². The van der Waals surface area contributed by atoms with Crippen LogP contribution in [-0.4, -0.2) is 58.0 Å². The van der Waals surface area contributed by atoms with E-state index in [1.54, 1.807) is 62.6 Å². The van der Waals surface area contributed by atoms with Gasteiger partial charge in [0.2, 0.25) is 11.8 Å². The summed E-state index contributed by atoms with van der Waals surface area (Å²) in [6.07, 6.45) is 1.72. The first kappa shape index (κ1) is 32.9. The lowest BCUT2D eigenvalue weighted by molar-refractivity contribution is -0.139. The van der Waals surface area contributed by atoms with Crippen LogP contribution in [0.2, 0.25) is 0 Å². The van der Waals surface area contributed by atoms with Crippen molar-refractivity contribution in [1.82, 2.24) is 10.2 Å². The molecule has 0 bridgehead atoms. The lowest BCUT2D eigenvalue weighted by Gasteiger charge is -2.32. The summed E-state index contributed by atoms with van der Waals surface area (Å²) >= 11 is 3.34. The Labute approximate surface area is 257 Å². The predicted molar refractivity (Wildman–Crippen MR) is 167 cm³/mol. The van der Waals surface area contributed by atoms with Crippen molar-refractivity contribution in [3.63, 3.8) is 0 Å². The number of carbonyl (C=O) groups excluding carboxylic acids is 2. The number of anilines is 1. The molecule has 0 radical (unpaired) electrons. The summed E-state index contributed by atoms with van der Waals surface area (Å²) in [6.45, 7) is 6.05. The highest BCUT2D eigenvalue weighted by atomic mass is 79.9. The minimum absolute atomic E-state index is 0.0273. The molecule has 3 aromatic rings. The van der Waals surface area contributed by atoms with Crippen LogP contribution in [0, 0.1) is 0 Å². The fourth-order valence-corrected chi connectivity index (χ4v) is 5.86. The van der Waals surface area contributed by atoms with Crippen LogP contribution in [0.5, 0.6) is 11.5 Å². The summed E-state index contributed by atoms with van der Waals surface area (Å²) in [5, 5.41) is 2.88. The Bertz CT molecular complexity index is 1410. The molecule has 0 saturated carbocycles. The molecule has 0 aliphatic rings. The number of rotatable bonds is 15. The van der Waals surface area contributed by atoms with E-state index in [-0.39, 0.29) is 17.3 Å². The quantitative estimate of drug-likeness (QED) is 0.220. The van der Waals surface area contributed by atoms with Gasteiger partial charge < -0.3 is 19.7 Å². The first-order chi connectivity index (χ1) is 20.1. The second-order valence-corrected chi connectivity index (χ2v) is 12.4. The van der Waals surface area contributed by atoms with Gasteiger partial charge in [-0.3, -0.25) is 13.9 Å². The van der Waals surface area contributed by atoms with Crippen LogP contribution in [-0.2, 0) is 26.2 Å². The highest BCUT2D eigenvalue weighted by molar-refractivity contribution is 9.10. The van der Waals surface area contributed by atoms with Gasteiger partial charge in [-0.05, 0) is 86.5 Å². The number of amides is 2. The monoisotopic (exact) mass is 659 g/mol. The molecule has 0 aliphatic heterocycles. The van der Waals surface area contributed by atoms with Gasteiger partial charge in [0.1, 0.15) is 24.1 Å². The van der Waals surface area contributed by atoms with Crippen molar-refractivity contribution in [3.8, 4) is 11.5 Å².